The number of hydrogen-bond acceptors (Lipinski definition) is 7. The highest BCUT2D eigenvalue weighted by Crippen LogP contribution is 2.19. The number of rotatable bonds is 12. The monoisotopic (exact) mass is 446 g/mol. The second-order valence-electron chi connectivity index (χ2n) is 7.85. The fraction of sp³-hybridized carbons (Fsp3) is 0.789. The highest BCUT2D eigenvalue weighted by Gasteiger charge is 2.38. The highest BCUT2D eigenvalue weighted by molar-refractivity contribution is 7.98. The van der Waals surface area contributed by atoms with E-state index in [9.17, 15) is 29.4 Å². The van der Waals surface area contributed by atoms with E-state index in [1.807, 2.05) is 20.1 Å². The molecule has 4 unspecified atom stereocenters. The number of carbonyl (C=O) groups excluding carboxylic acids is 3. The topological polar surface area (TPSA) is 162 Å². The number of carbonyl (C=O) groups is 4. The van der Waals surface area contributed by atoms with Crippen molar-refractivity contribution in [1.82, 2.24) is 15.5 Å². The molecule has 10 nitrogen and oxygen atoms in total. The number of likely N-dealkylation sites (tertiary alicyclic amines) is 1. The van der Waals surface area contributed by atoms with Crippen LogP contribution >= 0.6 is 11.8 Å². The summed E-state index contributed by atoms with van der Waals surface area (Å²) in [6.45, 7) is 3.48. The molecule has 1 heterocycles. The van der Waals surface area contributed by atoms with Crippen LogP contribution in [-0.4, -0.2) is 88.1 Å². The zero-order valence-electron chi connectivity index (χ0n) is 17.8. The van der Waals surface area contributed by atoms with E-state index in [1.165, 1.54) is 16.7 Å². The Hall–Kier alpha value is -1.85. The van der Waals surface area contributed by atoms with Gasteiger partial charge in [0.1, 0.15) is 18.1 Å². The SMILES string of the molecule is CSCCC(NC(=O)C1CCCN1C(=O)C(CO)NC(=O)C(N)CC(C)C)C(=O)O. The molecule has 4 atom stereocenters. The Labute approximate surface area is 181 Å². The van der Waals surface area contributed by atoms with Gasteiger partial charge in [-0.05, 0) is 43.6 Å². The van der Waals surface area contributed by atoms with Gasteiger partial charge in [0.05, 0.1) is 12.6 Å². The first-order chi connectivity index (χ1) is 14.1. The molecule has 3 amide bonds. The van der Waals surface area contributed by atoms with E-state index in [1.54, 1.807) is 0 Å². The highest BCUT2D eigenvalue weighted by atomic mass is 32.2. The first-order valence-electron chi connectivity index (χ1n) is 10.1. The predicted octanol–water partition coefficient (Wildman–Crippen LogP) is -0.850. The third-order valence-electron chi connectivity index (χ3n) is 4.92. The molecule has 6 N–H and O–H groups in total. The van der Waals surface area contributed by atoms with Crippen LogP contribution in [-0.2, 0) is 19.2 Å². The molecule has 0 aromatic heterocycles. The van der Waals surface area contributed by atoms with Crippen molar-refractivity contribution >= 4 is 35.5 Å². The summed E-state index contributed by atoms with van der Waals surface area (Å²) in [6, 6.07) is -3.90. The number of carboxylic acids is 1. The molecule has 0 aromatic carbocycles. The van der Waals surface area contributed by atoms with Gasteiger partial charge in [0.15, 0.2) is 0 Å². The summed E-state index contributed by atoms with van der Waals surface area (Å²) in [5.41, 5.74) is 5.83. The van der Waals surface area contributed by atoms with Crippen LogP contribution in [0.4, 0.5) is 0 Å². The van der Waals surface area contributed by atoms with Gasteiger partial charge in [-0.3, -0.25) is 14.4 Å². The Kier molecular flexibility index (Phi) is 11.1. The lowest BCUT2D eigenvalue weighted by molar-refractivity contribution is -0.145. The molecule has 172 valence electrons. The number of hydrogen-bond donors (Lipinski definition) is 5. The number of thioether (sulfide) groups is 1. The minimum Gasteiger partial charge on any atom is -0.480 e. The molecule has 0 radical (unpaired) electrons. The average molecular weight is 447 g/mol. The van der Waals surface area contributed by atoms with E-state index >= 15 is 0 Å². The maximum atomic E-state index is 12.9. The third-order valence-corrected chi connectivity index (χ3v) is 5.57. The van der Waals surface area contributed by atoms with Gasteiger partial charge < -0.3 is 31.5 Å². The smallest absolute Gasteiger partial charge is 0.326 e. The fourth-order valence-electron chi connectivity index (χ4n) is 3.34. The molecule has 0 spiro atoms. The van der Waals surface area contributed by atoms with E-state index < -0.39 is 54.5 Å². The van der Waals surface area contributed by atoms with Gasteiger partial charge in [-0.2, -0.15) is 11.8 Å². The van der Waals surface area contributed by atoms with Crippen molar-refractivity contribution in [3.05, 3.63) is 0 Å². The Morgan fingerprint density at radius 3 is 2.40 bits per heavy atom. The van der Waals surface area contributed by atoms with Crippen LogP contribution in [0.3, 0.4) is 0 Å². The predicted molar refractivity (Wildman–Crippen MR) is 114 cm³/mol. The maximum Gasteiger partial charge on any atom is 0.326 e. The van der Waals surface area contributed by atoms with Crippen molar-refractivity contribution in [1.29, 1.82) is 0 Å². The summed E-state index contributed by atoms with van der Waals surface area (Å²) in [4.78, 5) is 50.4. The number of nitrogens with two attached hydrogens (primary N) is 1. The summed E-state index contributed by atoms with van der Waals surface area (Å²) in [7, 11) is 0. The second kappa shape index (κ2) is 12.8. The number of aliphatic hydroxyl groups is 1. The lowest BCUT2D eigenvalue weighted by atomic mass is 10.0. The lowest BCUT2D eigenvalue weighted by Crippen LogP contribution is -2.57. The lowest BCUT2D eigenvalue weighted by Gasteiger charge is -2.29. The van der Waals surface area contributed by atoms with Crippen molar-refractivity contribution in [2.75, 3.05) is 25.2 Å². The molecule has 0 aliphatic carbocycles. The first-order valence-corrected chi connectivity index (χ1v) is 11.5. The Morgan fingerprint density at radius 2 is 1.87 bits per heavy atom. The molecule has 1 fully saturated rings. The van der Waals surface area contributed by atoms with E-state index in [0.29, 0.717) is 25.0 Å². The molecule has 1 saturated heterocycles. The van der Waals surface area contributed by atoms with Gasteiger partial charge in [0.25, 0.3) is 0 Å². The van der Waals surface area contributed by atoms with E-state index in [4.69, 9.17) is 5.73 Å². The maximum absolute atomic E-state index is 12.9. The summed E-state index contributed by atoms with van der Waals surface area (Å²) < 4.78 is 0. The Bertz CT molecular complexity index is 618. The Morgan fingerprint density at radius 1 is 1.20 bits per heavy atom. The van der Waals surface area contributed by atoms with Crippen molar-refractivity contribution in [3.63, 3.8) is 0 Å². The minimum absolute atomic E-state index is 0.189. The number of aliphatic carboxylic acids is 1. The number of nitrogens with zero attached hydrogens (tertiary/aromatic N) is 1. The molecule has 0 saturated carbocycles. The van der Waals surface area contributed by atoms with Crippen LogP contribution in [0.1, 0.15) is 39.5 Å². The molecule has 0 aromatic rings. The second-order valence-corrected chi connectivity index (χ2v) is 8.84. The summed E-state index contributed by atoms with van der Waals surface area (Å²) in [5.74, 6) is -2.05. The standard InChI is InChI=1S/C19H34N4O6S/c1-11(2)9-12(20)16(25)22-14(10-24)18(27)23-7-4-5-15(23)17(26)21-13(19(28)29)6-8-30-3/h11-15,24H,4-10,20H2,1-3H3,(H,21,26)(H,22,25)(H,28,29). The van der Waals surface area contributed by atoms with Gasteiger partial charge in [0, 0.05) is 6.54 Å². The molecular formula is C19H34N4O6S. The largest absolute Gasteiger partial charge is 0.480 e. The summed E-state index contributed by atoms with van der Waals surface area (Å²) in [5, 5.41) is 23.9. The minimum atomic E-state index is -1.21. The number of carboxylic acid groups (broad SMARTS) is 1. The van der Waals surface area contributed by atoms with Crippen LogP contribution in [0.15, 0.2) is 0 Å². The van der Waals surface area contributed by atoms with Gasteiger partial charge in [-0.15, -0.1) is 0 Å². The van der Waals surface area contributed by atoms with Crippen LogP contribution < -0.4 is 16.4 Å². The normalized spacial score (nSPS) is 19.3. The fourth-order valence-corrected chi connectivity index (χ4v) is 3.81. The third kappa shape index (κ3) is 7.77. The van der Waals surface area contributed by atoms with Crippen molar-refractivity contribution in [2.24, 2.45) is 11.7 Å². The van der Waals surface area contributed by atoms with E-state index in [2.05, 4.69) is 10.6 Å². The zero-order valence-corrected chi connectivity index (χ0v) is 18.6. The van der Waals surface area contributed by atoms with Crippen LogP contribution in [0.5, 0.6) is 0 Å². The van der Waals surface area contributed by atoms with E-state index in [-0.39, 0.29) is 18.9 Å². The molecule has 1 aliphatic heterocycles. The number of amides is 3. The summed E-state index contributed by atoms with van der Waals surface area (Å²) in [6.07, 6.45) is 3.48. The molecule has 0 bridgehead atoms. The molecule has 11 heteroatoms. The first kappa shape index (κ1) is 26.2. The van der Waals surface area contributed by atoms with Crippen molar-refractivity contribution in [2.45, 2.75) is 63.7 Å². The number of nitrogens with one attached hydrogen (secondary N) is 2. The van der Waals surface area contributed by atoms with Crippen LogP contribution in [0.25, 0.3) is 0 Å². The molecule has 1 rings (SSSR count). The summed E-state index contributed by atoms with van der Waals surface area (Å²) >= 11 is 1.47. The van der Waals surface area contributed by atoms with Crippen molar-refractivity contribution < 1.29 is 29.4 Å². The van der Waals surface area contributed by atoms with Crippen LogP contribution in [0.2, 0.25) is 0 Å². The zero-order chi connectivity index (χ0) is 22.8. The van der Waals surface area contributed by atoms with Gasteiger partial charge >= 0.3 is 5.97 Å². The molecule has 1 aliphatic rings. The molecular weight excluding hydrogens is 412 g/mol. The van der Waals surface area contributed by atoms with Gasteiger partial charge in [0.2, 0.25) is 17.7 Å². The van der Waals surface area contributed by atoms with Gasteiger partial charge in [-0.1, -0.05) is 13.8 Å². The number of aliphatic hydroxyl groups excluding tert-OH is 1. The molecule has 30 heavy (non-hydrogen) atoms. The van der Waals surface area contributed by atoms with Gasteiger partial charge in [-0.25, -0.2) is 4.79 Å². The Balaban J connectivity index is 2.79. The van der Waals surface area contributed by atoms with Crippen LogP contribution in [0, 0.1) is 5.92 Å². The van der Waals surface area contributed by atoms with E-state index in [0.717, 1.165) is 0 Å². The van der Waals surface area contributed by atoms with Crippen molar-refractivity contribution in [3.8, 4) is 0 Å². The average Bonchev–Trinajstić information content (AvgIpc) is 3.17. The quantitative estimate of drug-likeness (QED) is 0.259.